The summed E-state index contributed by atoms with van der Waals surface area (Å²) in [6.07, 6.45) is 6.07. The van der Waals surface area contributed by atoms with Crippen LogP contribution in [0.15, 0.2) is 82.0 Å². The van der Waals surface area contributed by atoms with Crippen LogP contribution < -0.4 is 4.90 Å². The summed E-state index contributed by atoms with van der Waals surface area (Å²) in [7, 11) is 0. The van der Waals surface area contributed by atoms with Gasteiger partial charge in [0, 0.05) is 47.0 Å². The summed E-state index contributed by atoms with van der Waals surface area (Å²) in [5.74, 6) is -0.480. The lowest BCUT2D eigenvalue weighted by Crippen LogP contribution is -2.26. The molecule has 0 unspecified atom stereocenters. The first-order chi connectivity index (χ1) is 22.4. The number of benzene rings is 1. The minimum absolute atomic E-state index is 0.0104. The van der Waals surface area contributed by atoms with Gasteiger partial charge in [-0.25, -0.2) is 13.9 Å². The second-order valence-electron chi connectivity index (χ2n) is 10.5. The number of anilines is 1. The van der Waals surface area contributed by atoms with E-state index in [4.69, 9.17) is 24.6 Å². The van der Waals surface area contributed by atoms with Crippen molar-refractivity contribution >= 4 is 39.1 Å². The van der Waals surface area contributed by atoms with Gasteiger partial charge >= 0.3 is 6.09 Å². The first-order valence-electron chi connectivity index (χ1n) is 14.3. The molecule has 1 aromatic carbocycles. The van der Waals surface area contributed by atoms with Crippen LogP contribution in [0.5, 0.6) is 0 Å². The largest absolute Gasteiger partial charge is 0.442 e. The van der Waals surface area contributed by atoms with E-state index in [1.54, 1.807) is 53.7 Å². The summed E-state index contributed by atoms with van der Waals surface area (Å²) in [6.45, 7) is 0.529. The van der Waals surface area contributed by atoms with Gasteiger partial charge in [0.25, 0.3) is 0 Å². The van der Waals surface area contributed by atoms with E-state index >= 15 is 0 Å². The molecule has 3 atom stereocenters. The number of amides is 1. The van der Waals surface area contributed by atoms with Crippen molar-refractivity contribution in [1.29, 1.82) is 0 Å². The van der Waals surface area contributed by atoms with Crippen LogP contribution in [0.1, 0.15) is 24.2 Å². The summed E-state index contributed by atoms with van der Waals surface area (Å²) >= 11 is 3.31. The Balaban J connectivity index is 0.000000221. The Kier molecular flexibility index (Phi) is 9.56. The number of pyridine rings is 2. The first-order valence-corrected chi connectivity index (χ1v) is 15.1. The van der Waals surface area contributed by atoms with Crippen molar-refractivity contribution in [2.24, 2.45) is 10.3 Å². The maximum absolute atomic E-state index is 14.9. The van der Waals surface area contributed by atoms with Crippen molar-refractivity contribution in [2.45, 2.75) is 37.7 Å². The topological polar surface area (TPSA) is 170 Å². The summed E-state index contributed by atoms with van der Waals surface area (Å²) in [6, 6.07) is 11.8. The van der Waals surface area contributed by atoms with Crippen LogP contribution in [0.25, 0.3) is 11.1 Å². The number of hydrogen-bond acceptors (Lipinski definition) is 12. The molecule has 1 saturated heterocycles. The molecule has 238 valence electrons. The number of halogens is 2. The lowest BCUT2D eigenvalue weighted by molar-refractivity contribution is 0.0390. The summed E-state index contributed by atoms with van der Waals surface area (Å²) in [4.78, 5) is 32.3. The highest BCUT2D eigenvalue weighted by atomic mass is 79.9. The van der Waals surface area contributed by atoms with Crippen LogP contribution >= 0.6 is 15.9 Å². The molecular weight excluding hydrogens is 667 g/mol. The Hall–Kier alpha value is -4.80. The van der Waals surface area contributed by atoms with Gasteiger partial charge in [0.05, 0.1) is 49.6 Å². The number of aliphatic hydroxyl groups excluding tert-OH is 2. The van der Waals surface area contributed by atoms with E-state index in [-0.39, 0.29) is 32.0 Å². The first kappa shape index (κ1) is 31.2. The van der Waals surface area contributed by atoms with E-state index in [1.807, 2.05) is 12.1 Å². The molecule has 0 radical (unpaired) electrons. The van der Waals surface area contributed by atoms with Gasteiger partial charge in [-0.2, -0.15) is 0 Å². The molecule has 0 spiro atoms. The number of aromatic nitrogens is 5. The van der Waals surface area contributed by atoms with Crippen LogP contribution in [0.3, 0.4) is 0 Å². The SMILES string of the molecule is O=C1O[C@@H](Cn2ccnn2)CN1c1ccc(-c2ccc(C3=NO[C@@H](CO)C3)nc2)c(F)c1.OC[C@H]1CC(c2ccc(Br)cn2)=NO1. The van der Waals surface area contributed by atoms with E-state index in [0.29, 0.717) is 47.6 Å². The zero-order chi connectivity index (χ0) is 32.0. The van der Waals surface area contributed by atoms with E-state index in [9.17, 15) is 9.18 Å². The maximum Gasteiger partial charge on any atom is 0.414 e. The molecule has 16 heteroatoms. The predicted molar refractivity (Wildman–Crippen MR) is 165 cm³/mol. The third kappa shape index (κ3) is 7.19. The van der Waals surface area contributed by atoms with Gasteiger partial charge in [0.15, 0.2) is 12.2 Å². The van der Waals surface area contributed by atoms with Gasteiger partial charge < -0.3 is 24.6 Å². The molecule has 6 heterocycles. The van der Waals surface area contributed by atoms with E-state index in [0.717, 1.165) is 15.9 Å². The zero-order valence-corrected chi connectivity index (χ0v) is 25.8. The zero-order valence-electron chi connectivity index (χ0n) is 24.2. The second-order valence-corrected chi connectivity index (χ2v) is 11.4. The highest BCUT2D eigenvalue weighted by molar-refractivity contribution is 9.10. The standard InChI is InChI=1S/C21H19FN6O4.C9H9BrN2O2/c22-18-7-14(28-11-16(31-21(28)30)10-27-6-5-24-26-27)2-3-17(18)13-1-4-19(23-9-13)20-8-15(12-29)32-25-20;10-6-1-2-8(11-4-6)9-3-7(5-13)14-12-9/h1-7,9,15-16,29H,8,10-12H2;1-2,4,7,13H,3,5H2/t15-,16+;7-/m11/s1. The average Bonchev–Trinajstić information content (AvgIpc) is 3.90. The molecule has 14 nitrogen and oxygen atoms in total. The lowest BCUT2D eigenvalue weighted by atomic mass is 10.0. The highest BCUT2D eigenvalue weighted by Crippen LogP contribution is 2.29. The Bertz CT molecular complexity index is 1720. The quantitative estimate of drug-likeness (QED) is 0.279. The summed E-state index contributed by atoms with van der Waals surface area (Å²) in [5.41, 5.74) is 4.19. The molecule has 7 rings (SSSR count). The van der Waals surface area contributed by atoms with Crippen LogP contribution in [-0.4, -0.2) is 90.8 Å². The minimum Gasteiger partial charge on any atom is -0.442 e. The molecule has 1 amide bonds. The number of carbonyl (C=O) groups is 1. The number of carbonyl (C=O) groups excluding carboxylic acids is 1. The molecule has 4 aromatic rings. The molecule has 46 heavy (non-hydrogen) atoms. The van der Waals surface area contributed by atoms with Gasteiger partial charge in [0.1, 0.15) is 23.3 Å². The van der Waals surface area contributed by atoms with Gasteiger partial charge in [-0.15, -0.1) is 5.10 Å². The Labute approximate surface area is 270 Å². The molecule has 3 aliphatic rings. The number of hydrogen-bond donors (Lipinski definition) is 2. The average molecular weight is 696 g/mol. The molecule has 2 N–H and O–H groups in total. The van der Waals surface area contributed by atoms with Gasteiger partial charge in [-0.05, 0) is 52.3 Å². The van der Waals surface area contributed by atoms with Crippen LogP contribution in [0, 0.1) is 5.82 Å². The molecule has 3 aromatic heterocycles. The van der Waals surface area contributed by atoms with Crippen molar-refractivity contribution < 1.29 is 33.8 Å². The Morgan fingerprint density at radius 1 is 0.913 bits per heavy atom. The number of aliphatic hydroxyl groups is 2. The second kappa shape index (κ2) is 14.1. The third-order valence-corrected chi connectivity index (χ3v) is 7.74. The number of cyclic esters (lactones) is 1. The number of oxime groups is 2. The highest BCUT2D eigenvalue weighted by Gasteiger charge is 2.33. The fraction of sp³-hybridized carbons (Fsp3) is 0.300. The van der Waals surface area contributed by atoms with Crippen molar-refractivity contribution in [1.82, 2.24) is 25.0 Å². The van der Waals surface area contributed by atoms with E-state index < -0.39 is 18.0 Å². The van der Waals surface area contributed by atoms with E-state index in [2.05, 4.69) is 46.5 Å². The number of rotatable bonds is 8. The summed E-state index contributed by atoms with van der Waals surface area (Å²) in [5, 5.41) is 33.4. The third-order valence-electron chi connectivity index (χ3n) is 7.27. The van der Waals surface area contributed by atoms with Gasteiger partial charge in [-0.3, -0.25) is 14.9 Å². The van der Waals surface area contributed by atoms with Crippen LogP contribution in [-0.2, 0) is 21.0 Å². The molecular formula is C30H28BrFN8O6. The number of ether oxygens (including phenoxy) is 1. The molecule has 0 aliphatic carbocycles. The molecule has 0 saturated carbocycles. The van der Waals surface area contributed by atoms with Crippen LogP contribution in [0.2, 0.25) is 0 Å². The normalized spacial score (nSPS) is 20.3. The fourth-order valence-corrected chi connectivity index (χ4v) is 5.13. The Morgan fingerprint density at radius 3 is 2.15 bits per heavy atom. The van der Waals surface area contributed by atoms with Crippen molar-refractivity contribution in [2.75, 3.05) is 24.7 Å². The van der Waals surface area contributed by atoms with Crippen molar-refractivity contribution in [3.63, 3.8) is 0 Å². The monoisotopic (exact) mass is 694 g/mol. The Morgan fingerprint density at radius 2 is 1.61 bits per heavy atom. The van der Waals surface area contributed by atoms with Crippen molar-refractivity contribution in [3.05, 3.63) is 88.9 Å². The molecule has 3 aliphatic heterocycles. The van der Waals surface area contributed by atoms with Crippen molar-refractivity contribution in [3.8, 4) is 11.1 Å². The van der Waals surface area contributed by atoms with Gasteiger partial charge in [0.2, 0.25) is 0 Å². The van der Waals surface area contributed by atoms with E-state index in [1.165, 1.54) is 11.0 Å². The summed E-state index contributed by atoms with van der Waals surface area (Å²) < 4.78 is 22.8. The number of nitrogens with zero attached hydrogens (tertiary/aromatic N) is 8. The molecule has 0 bridgehead atoms. The van der Waals surface area contributed by atoms with Crippen LogP contribution in [0.4, 0.5) is 14.9 Å². The fourth-order valence-electron chi connectivity index (χ4n) is 4.90. The maximum atomic E-state index is 14.9. The smallest absolute Gasteiger partial charge is 0.414 e. The molecule has 1 fully saturated rings. The minimum atomic E-state index is -0.533. The van der Waals surface area contributed by atoms with Gasteiger partial charge in [-0.1, -0.05) is 21.6 Å². The predicted octanol–water partition coefficient (Wildman–Crippen LogP) is 3.32. The lowest BCUT2D eigenvalue weighted by Gasteiger charge is -2.14.